The van der Waals surface area contributed by atoms with E-state index in [1.54, 1.807) is 0 Å². The number of rotatable bonds is 4. The normalized spacial score (nSPS) is 19.6. The lowest BCUT2D eigenvalue weighted by atomic mass is 9.88. The SMILES string of the molecule is S=C(Nc1ccc(OC2CCCC2)cc1)N[C@H]1CCCc2ccccc21. The Balaban J connectivity index is 1.33. The molecule has 0 spiro atoms. The fraction of sp³-hybridized carbons (Fsp3) is 0.409. The Kier molecular flexibility index (Phi) is 5.40. The minimum atomic E-state index is 0.296. The zero-order valence-corrected chi connectivity index (χ0v) is 15.9. The van der Waals surface area contributed by atoms with Crippen LogP contribution < -0.4 is 15.4 Å². The Bertz CT molecular complexity index is 753. The highest BCUT2D eigenvalue weighted by molar-refractivity contribution is 7.80. The molecule has 0 aliphatic heterocycles. The van der Waals surface area contributed by atoms with Gasteiger partial charge >= 0.3 is 0 Å². The van der Waals surface area contributed by atoms with E-state index in [0.717, 1.165) is 24.3 Å². The molecule has 2 aromatic rings. The molecule has 2 N–H and O–H groups in total. The number of hydrogen-bond donors (Lipinski definition) is 2. The molecule has 0 heterocycles. The minimum Gasteiger partial charge on any atom is -0.490 e. The van der Waals surface area contributed by atoms with Crippen molar-refractivity contribution in [1.29, 1.82) is 0 Å². The first-order valence-corrected chi connectivity index (χ1v) is 10.1. The first-order valence-electron chi connectivity index (χ1n) is 9.70. The van der Waals surface area contributed by atoms with Gasteiger partial charge in [0, 0.05) is 5.69 Å². The molecular weight excluding hydrogens is 340 g/mol. The van der Waals surface area contributed by atoms with E-state index in [2.05, 4.69) is 34.9 Å². The maximum Gasteiger partial charge on any atom is 0.171 e. The molecule has 4 rings (SSSR count). The number of benzene rings is 2. The Morgan fingerprint density at radius 2 is 1.69 bits per heavy atom. The molecule has 4 heteroatoms. The second-order valence-electron chi connectivity index (χ2n) is 7.29. The largest absolute Gasteiger partial charge is 0.490 e. The van der Waals surface area contributed by atoms with Gasteiger partial charge in [0.05, 0.1) is 12.1 Å². The van der Waals surface area contributed by atoms with Crippen LogP contribution in [0.5, 0.6) is 5.75 Å². The van der Waals surface area contributed by atoms with Crippen LogP contribution >= 0.6 is 12.2 Å². The van der Waals surface area contributed by atoms with Crippen LogP contribution in [-0.4, -0.2) is 11.2 Å². The summed E-state index contributed by atoms with van der Waals surface area (Å²) in [6.07, 6.45) is 8.80. The molecule has 2 aliphatic carbocycles. The monoisotopic (exact) mass is 366 g/mol. The van der Waals surface area contributed by atoms with Gasteiger partial charge in [-0.05, 0) is 92.6 Å². The van der Waals surface area contributed by atoms with Gasteiger partial charge in [-0.1, -0.05) is 24.3 Å². The lowest BCUT2D eigenvalue weighted by molar-refractivity contribution is 0.210. The number of fused-ring (bicyclic) bond motifs is 1. The van der Waals surface area contributed by atoms with Crippen molar-refractivity contribution in [3.8, 4) is 5.75 Å². The first-order chi connectivity index (χ1) is 12.8. The standard InChI is InChI=1S/C22H26N2OS/c26-22(24-21-11-5-7-16-6-1-4-10-20(16)21)23-17-12-14-19(15-13-17)25-18-8-2-3-9-18/h1,4,6,10,12-15,18,21H,2-3,5,7-9,11H2,(H2,23,24,26)/t21-/m0/s1. The van der Waals surface area contributed by atoms with E-state index in [4.69, 9.17) is 17.0 Å². The number of anilines is 1. The average molecular weight is 367 g/mol. The van der Waals surface area contributed by atoms with Crippen LogP contribution in [0.1, 0.15) is 55.7 Å². The molecule has 0 amide bonds. The van der Waals surface area contributed by atoms with Crippen LogP contribution in [0, 0.1) is 0 Å². The van der Waals surface area contributed by atoms with E-state index in [9.17, 15) is 0 Å². The average Bonchev–Trinajstić information content (AvgIpc) is 3.17. The molecule has 0 radical (unpaired) electrons. The van der Waals surface area contributed by atoms with Gasteiger partial charge in [0.1, 0.15) is 5.75 Å². The second kappa shape index (κ2) is 8.09. The molecule has 1 fully saturated rings. The summed E-state index contributed by atoms with van der Waals surface area (Å²) < 4.78 is 6.02. The summed E-state index contributed by atoms with van der Waals surface area (Å²) in [5, 5.41) is 7.47. The van der Waals surface area contributed by atoms with Crippen molar-refractivity contribution in [2.75, 3.05) is 5.32 Å². The number of aryl methyl sites for hydroxylation is 1. The summed E-state index contributed by atoms with van der Waals surface area (Å²) >= 11 is 5.54. The fourth-order valence-electron chi connectivity index (χ4n) is 4.04. The van der Waals surface area contributed by atoms with E-state index in [1.165, 1.54) is 43.2 Å². The maximum atomic E-state index is 6.02. The van der Waals surface area contributed by atoms with Crippen LogP contribution in [0.4, 0.5) is 5.69 Å². The molecule has 3 nitrogen and oxygen atoms in total. The minimum absolute atomic E-state index is 0.296. The molecule has 0 unspecified atom stereocenters. The third-order valence-electron chi connectivity index (χ3n) is 5.39. The van der Waals surface area contributed by atoms with Gasteiger partial charge < -0.3 is 15.4 Å². The van der Waals surface area contributed by atoms with Gasteiger partial charge in [-0.25, -0.2) is 0 Å². The zero-order chi connectivity index (χ0) is 17.8. The zero-order valence-electron chi connectivity index (χ0n) is 15.0. The molecule has 1 atom stereocenters. The maximum absolute atomic E-state index is 6.02. The molecule has 1 saturated carbocycles. The van der Waals surface area contributed by atoms with Crippen molar-refractivity contribution in [3.05, 3.63) is 59.7 Å². The Hall–Kier alpha value is -2.07. The predicted octanol–water partition coefficient (Wildman–Crippen LogP) is 5.37. The van der Waals surface area contributed by atoms with Crippen LogP contribution in [0.15, 0.2) is 48.5 Å². The Morgan fingerprint density at radius 1 is 0.923 bits per heavy atom. The van der Waals surface area contributed by atoms with Crippen LogP contribution in [-0.2, 0) is 6.42 Å². The van der Waals surface area contributed by atoms with Crippen molar-refractivity contribution in [3.63, 3.8) is 0 Å². The van der Waals surface area contributed by atoms with Crippen LogP contribution in [0.2, 0.25) is 0 Å². The van der Waals surface area contributed by atoms with Crippen molar-refractivity contribution in [2.24, 2.45) is 0 Å². The van der Waals surface area contributed by atoms with Gasteiger partial charge in [-0.15, -0.1) is 0 Å². The summed E-state index contributed by atoms with van der Waals surface area (Å²) in [6.45, 7) is 0. The summed E-state index contributed by atoms with van der Waals surface area (Å²) in [5.74, 6) is 0.947. The third kappa shape index (κ3) is 4.18. The third-order valence-corrected chi connectivity index (χ3v) is 5.61. The smallest absolute Gasteiger partial charge is 0.171 e. The second-order valence-corrected chi connectivity index (χ2v) is 7.70. The Labute approximate surface area is 161 Å². The highest BCUT2D eigenvalue weighted by Gasteiger charge is 2.20. The summed E-state index contributed by atoms with van der Waals surface area (Å²) in [6, 6.07) is 17.1. The molecule has 26 heavy (non-hydrogen) atoms. The molecule has 0 bridgehead atoms. The van der Waals surface area contributed by atoms with Crippen LogP contribution in [0.25, 0.3) is 0 Å². The van der Waals surface area contributed by atoms with Crippen LogP contribution in [0.3, 0.4) is 0 Å². The van der Waals surface area contributed by atoms with Gasteiger partial charge in [-0.2, -0.15) is 0 Å². The molecule has 0 saturated heterocycles. The quantitative estimate of drug-likeness (QED) is 0.713. The van der Waals surface area contributed by atoms with E-state index in [1.807, 2.05) is 24.3 Å². The number of thiocarbonyl (C=S) groups is 1. The summed E-state index contributed by atoms with van der Waals surface area (Å²) in [5.41, 5.74) is 3.81. The van der Waals surface area contributed by atoms with Gasteiger partial charge in [0.2, 0.25) is 0 Å². The topological polar surface area (TPSA) is 33.3 Å². The lowest BCUT2D eigenvalue weighted by Crippen LogP contribution is -2.34. The predicted molar refractivity (Wildman–Crippen MR) is 111 cm³/mol. The lowest BCUT2D eigenvalue weighted by Gasteiger charge is -2.27. The van der Waals surface area contributed by atoms with E-state index < -0.39 is 0 Å². The molecule has 136 valence electrons. The number of ether oxygens (including phenoxy) is 1. The molecular formula is C22H26N2OS. The fourth-order valence-corrected chi connectivity index (χ4v) is 4.30. The molecule has 2 aromatic carbocycles. The van der Waals surface area contributed by atoms with Gasteiger partial charge in [0.25, 0.3) is 0 Å². The first kappa shape index (κ1) is 17.3. The van der Waals surface area contributed by atoms with Crippen molar-refractivity contribution in [1.82, 2.24) is 5.32 Å². The van der Waals surface area contributed by atoms with Crippen molar-refractivity contribution in [2.45, 2.75) is 57.1 Å². The number of nitrogens with one attached hydrogen (secondary N) is 2. The van der Waals surface area contributed by atoms with Gasteiger partial charge in [0.15, 0.2) is 5.11 Å². The van der Waals surface area contributed by atoms with Gasteiger partial charge in [-0.3, -0.25) is 0 Å². The summed E-state index contributed by atoms with van der Waals surface area (Å²) in [4.78, 5) is 0. The van der Waals surface area contributed by atoms with E-state index in [-0.39, 0.29) is 0 Å². The summed E-state index contributed by atoms with van der Waals surface area (Å²) in [7, 11) is 0. The van der Waals surface area contributed by atoms with Crippen molar-refractivity contribution < 1.29 is 4.74 Å². The van der Waals surface area contributed by atoms with Crippen molar-refractivity contribution >= 4 is 23.0 Å². The van der Waals surface area contributed by atoms with E-state index >= 15 is 0 Å². The molecule has 0 aromatic heterocycles. The molecule has 2 aliphatic rings. The number of hydrogen-bond acceptors (Lipinski definition) is 2. The highest BCUT2D eigenvalue weighted by atomic mass is 32.1. The highest BCUT2D eigenvalue weighted by Crippen LogP contribution is 2.29. The Morgan fingerprint density at radius 3 is 2.50 bits per heavy atom. The van der Waals surface area contributed by atoms with E-state index in [0.29, 0.717) is 17.3 Å².